The zero-order valence-electron chi connectivity index (χ0n) is 12.0. The number of nitrogens with two attached hydrogens (primary N) is 1. The van der Waals surface area contributed by atoms with Crippen molar-refractivity contribution in [1.82, 2.24) is 20.2 Å². The minimum atomic E-state index is -0.241. The fourth-order valence-electron chi connectivity index (χ4n) is 2.67. The highest BCUT2D eigenvalue weighted by Crippen LogP contribution is 2.36. The first kappa shape index (κ1) is 13.1. The van der Waals surface area contributed by atoms with Crippen LogP contribution in [0, 0.1) is 6.92 Å². The Morgan fingerprint density at radius 3 is 2.95 bits per heavy atom. The van der Waals surface area contributed by atoms with Crippen molar-refractivity contribution in [1.29, 1.82) is 0 Å². The molecule has 0 saturated carbocycles. The minimum absolute atomic E-state index is 0.0655. The van der Waals surface area contributed by atoms with Gasteiger partial charge in [-0.3, -0.25) is 0 Å². The Kier molecular flexibility index (Phi) is 2.97. The van der Waals surface area contributed by atoms with Gasteiger partial charge in [-0.25, -0.2) is 4.68 Å². The van der Waals surface area contributed by atoms with Crippen LogP contribution in [-0.4, -0.2) is 32.9 Å². The average molecular weight is 273 g/mol. The smallest absolute Gasteiger partial charge is 0.184 e. The number of nitrogens with zero attached hydrogens (tertiary/aromatic N) is 4. The molecular weight excluding hydrogens is 254 g/mol. The predicted octanol–water partition coefficient (Wildman–Crippen LogP) is 1.75. The van der Waals surface area contributed by atoms with Gasteiger partial charge in [0.25, 0.3) is 0 Å². The van der Waals surface area contributed by atoms with Crippen LogP contribution in [0.2, 0.25) is 0 Å². The lowest BCUT2D eigenvalue weighted by molar-refractivity contribution is 0.0706. The van der Waals surface area contributed by atoms with Crippen molar-refractivity contribution >= 4 is 5.69 Å². The highest BCUT2D eigenvalue weighted by molar-refractivity contribution is 5.72. The second kappa shape index (κ2) is 4.56. The molecule has 3 rings (SSSR count). The molecule has 1 fully saturated rings. The van der Waals surface area contributed by atoms with Crippen molar-refractivity contribution in [3.63, 3.8) is 0 Å². The second-order valence-corrected chi connectivity index (χ2v) is 5.63. The zero-order valence-corrected chi connectivity index (χ0v) is 12.0. The molecule has 106 valence electrons. The summed E-state index contributed by atoms with van der Waals surface area (Å²) in [6, 6.07) is 5.89. The predicted molar refractivity (Wildman–Crippen MR) is 76.1 cm³/mol. The molecule has 6 nitrogen and oxygen atoms in total. The topological polar surface area (TPSA) is 78.9 Å². The van der Waals surface area contributed by atoms with E-state index in [1.165, 1.54) is 0 Å². The van der Waals surface area contributed by atoms with E-state index in [0.717, 1.165) is 24.2 Å². The van der Waals surface area contributed by atoms with Crippen molar-refractivity contribution in [2.24, 2.45) is 0 Å². The molecule has 2 aromatic rings. The van der Waals surface area contributed by atoms with Crippen molar-refractivity contribution in [2.45, 2.75) is 38.8 Å². The number of hydrogen-bond donors (Lipinski definition) is 1. The first-order valence-electron chi connectivity index (χ1n) is 6.79. The molecule has 0 spiro atoms. The number of rotatable bonds is 2. The molecule has 6 heteroatoms. The Hall–Kier alpha value is -1.95. The van der Waals surface area contributed by atoms with Gasteiger partial charge in [0.2, 0.25) is 0 Å². The van der Waals surface area contributed by atoms with E-state index in [0.29, 0.717) is 11.5 Å². The summed E-state index contributed by atoms with van der Waals surface area (Å²) in [5, 5.41) is 12.2. The van der Waals surface area contributed by atoms with Gasteiger partial charge in [0, 0.05) is 17.9 Å². The van der Waals surface area contributed by atoms with E-state index < -0.39 is 0 Å². The van der Waals surface area contributed by atoms with Crippen LogP contribution in [0.1, 0.15) is 25.8 Å². The third kappa shape index (κ3) is 1.87. The number of ether oxygens (including phenoxy) is 1. The lowest BCUT2D eigenvalue weighted by atomic mass is 9.94. The van der Waals surface area contributed by atoms with E-state index in [1.54, 1.807) is 0 Å². The molecule has 20 heavy (non-hydrogen) atoms. The number of benzene rings is 1. The van der Waals surface area contributed by atoms with E-state index in [1.807, 2.05) is 29.8 Å². The Balaban J connectivity index is 2.13. The number of aromatic nitrogens is 4. The summed E-state index contributed by atoms with van der Waals surface area (Å²) in [4.78, 5) is 0. The van der Waals surface area contributed by atoms with E-state index in [4.69, 9.17) is 10.5 Å². The van der Waals surface area contributed by atoms with Crippen LogP contribution in [0.25, 0.3) is 11.4 Å². The molecule has 1 aromatic heterocycles. The SMILES string of the molecule is Cc1ccc(N)c(-c2nnnn2C2(C)CCOC2C)c1. The van der Waals surface area contributed by atoms with Gasteiger partial charge in [0.15, 0.2) is 5.82 Å². The fraction of sp³-hybridized carbons (Fsp3) is 0.500. The fourth-order valence-corrected chi connectivity index (χ4v) is 2.67. The van der Waals surface area contributed by atoms with Gasteiger partial charge in [-0.1, -0.05) is 11.6 Å². The summed E-state index contributed by atoms with van der Waals surface area (Å²) in [5.41, 5.74) is 8.53. The molecule has 2 atom stereocenters. The van der Waals surface area contributed by atoms with E-state index in [2.05, 4.69) is 29.4 Å². The zero-order chi connectivity index (χ0) is 14.3. The molecule has 1 aliphatic rings. The normalized spacial score (nSPS) is 26.1. The van der Waals surface area contributed by atoms with Gasteiger partial charge >= 0.3 is 0 Å². The number of hydrogen-bond acceptors (Lipinski definition) is 5. The first-order chi connectivity index (χ1) is 9.52. The molecule has 0 bridgehead atoms. The number of aryl methyl sites for hydroxylation is 1. The van der Waals surface area contributed by atoms with E-state index in [-0.39, 0.29) is 11.6 Å². The first-order valence-corrected chi connectivity index (χ1v) is 6.79. The third-order valence-corrected chi connectivity index (χ3v) is 4.25. The Morgan fingerprint density at radius 2 is 2.25 bits per heavy atom. The van der Waals surface area contributed by atoms with Crippen molar-refractivity contribution in [3.8, 4) is 11.4 Å². The van der Waals surface area contributed by atoms with Crippen LogP contribution in [0.5, 0.6) is 0 Å². The number of anilines is 1. The van der Waals surface area contributed by atoms with Crippen molar-refractivity contribution in [2.75, 3.05) is 12.3 Å². The third-order valence-electron chi connectivity index (χ3n) is 4.25. The minimum Gasteiger partial charge on any atom is -0.398 e. The summed E-state index contributed by atoms with van der Waals surface area (Å²) in [7, 11) is 0. The van der Waals surface area contributed by atoms with Gasteiger partial charge in [0.1, 0.15) is 0 Å². The maximum absolute atomic E-state index is 6.09. The summed E-state index contributed by atoms with van der Waals surface area (Å²) in [5.74, 6) is 0.700. The lowest BCUT2D eigenvalue weighted by Gasteiger charge is -2.28. The molecule has 2 unspecified atom stereocenters. The Morgan fingerprint density at radius 1 is 1.45 bits per heavy atom. The maximum Gasteiger partial charge on any atom is 0.184 e. The van der Waals surface area contributed by atoms with Crippen LogP contribution in [0.15, 0.2) is 18.2 Å². The van der Waals surface area contributed by atoms with E-state index >= 15 is 0 Å². The van der Waals surface area contributed by atoms with E-state index in [9.17, 15) is 0 Å². The van der Waals surface area contributed by atoms with Gasteiger partial charge in [0.05, 0.1) is 11.6 Å². The van der Waals surface area contributed by atoms with Crippen molar-refractivity contribution < 1.29 is 4.74 Å². The Bertz CT molecular complexity index is 638. The summed E-state index contributed by atoms with van der Waals surface area (Å²) >= 11 is 0. The Labute approximate surface area is 117 Å². The molecule has 1 aromatic carbocycles. The molecule has 0 amide bonds. The molecule has 1 saturated heterocycles. The van der Waals surface area contributed by atoms with Crippen LogP contribution < -0.4 is 5.73 Å². The summed E-state index contributed by atoms with van der Waals surface area (Å²) in [6.45, 7) is 6.93. The van der Waals surface area contributed by atoms with Crippen LogP contribution in [0.3, 0.4) is 0 Å². The van der Waals surface area contributed by atoms with Gasteiger partial charge in [-0.15, -0.1) is 5.10 Å². The highest BCUT2D eigenvalue weighted by atomic mass is 16.5. The molecule has 2 N–H and O–H groups in total. The van der Waals surface area contributed by atoms with Crippen LogP contribution >= 0.6 is 0 Å². The number of tetrazole rings is 1. The second-order valence-electron chi connectivity index (χ2n) is 5.63. The maximum atomic E-state index is 6.09. The van der Waals surface area contributed by atoms with Gasteiger partial charge in [-0.05, 0) is 49.8 Å². The number of nitrogen functional groups attached to an aromatic ring is 1. The van der Waals surface area contributed by atoms with Crippen molar-refractivity contribution in [3.05, 3.63) is 23.8 Å². The summed E-state index contributed by atoms with van der Waals surface area (Å²) < 4.78 is 7.55. The van der Waals surface area contributed by atoms with Crippen LogP contribution in [-0.2, 0) is 10.3 Å². The largest absolute Gasteiger partial charge is 0.398 e. The molecule has 0 aliphatic carbocycles. The lowest BCUT2D eigenvalue weighted by Crippen LogP contribution is -2.38. The highest BCUT2D eigenvalue weighted by Gasteiger charge is 2.41. The molecular formula is C14H19N5O. The standard InChI is InChI=1S/C14H19N5O/c1-9-4-5-12(15)11(8-9)13-16-17-18-19(13)14(3)6-7-20-10(14)2/h4-5,8,10H,6-7,15H2,1-3H3. The molecule has 1 aliphatic heterocycles. The quantitative estimate of drug-likeness (QED) is 0.843. The van der Waals surface area contributed by atoms with Crippen LogP contribution in [0.4, 0.5) is 5.69 Å². The summed E-state index contributed by atoms with van der Waals surface area (Å²) in [6.07, 6.45) is 0.952. The van der Waals surface area contributed by atoms with Gasteiger partial charge < -0.3 is 10.5 Å². The monoisotopic (exact) mass is 273 g/mol. The molecule has 0 radical (unpaired) electrons. The molecule has 2 heterocycles. The van der Waals surface area contributed by atoms with Gasteiger partial charge in [-0.2, -0.15) is 0 Å². The average Bonchev–Trinajstić information content (AvgIpc) is 3.01.